The smallest absolute Gasteiger partial charge is 0.280 e. The van der Waals surface area contributed by atoms with E-state index in [0.717, 1.165) is 12.8 Å². The molecular formula is C9H11N5O. The highest BCUT2D eigenvalue weighted by atomic mass is 16.1. The SMILES string of the molecule is Nc1nc2c(ncn2C2CCC2)c(=O)[nH]1. The standard InChI is InChI=1S/C9H11N5O/c10-9-12-7-6(8(15)13-9)11-4-14(7)5-2-1-3-5/h4-5H,1-3H2,(H3,10,12,13,15). The predicted octanol–water partition coefficient (Wildman–Crippen LogP) is 0.427. The second-order valence-corrected chi connectivity index (χ2v) is 3.86. The number of nitrogens with one attached hydrogen (secondary N) is 1. The molecule has 0 saturated heterocycles. The third-order valence-electron chi connectivity index (χ3n) is 2.92. The van der Waals surface area contributed by atoms with Crippen LogP contribution in [0.2, 0.25) is 0 Å². The fourth-order valence-corrected chi connectivity index (χ4v) is 1.88. The van der Waals surface area contributed by atoms with E-state index >= 15 is 0 Å². The van der Waals surface area contributed by atoms with E-state index in [-0.39, 0.29) is 11.5 Å². The summed E-state index contributed by atoms with van der Waals surface area (Å²) in [4.78, 5) is 22.1. The van der Waals surface area contributed by atoms with Gasteiger partial charge >= 0.3 is 0 Å². The second-order valence-electron chi connectivity index (χ2n) is 3.86. The highest BCUT2D eigenvalue weighted by Gasteiger charge is 2.22. The zero-order valence-electron chi connectivity index (χ0n) is 8.10. The van der Waals surface area contributed by atoms with Crippen molar-refractivity contribution in [2.45, 2.75) is 25.3 Å². The van der Waals surface area contributed by atoms with Gasteiger partial charge in [-0.05, 0) is 19.3 Å². The molecule has 2 aromatic rings. The fraction of sp³-hybridized carbons (Fsp3) is 0.444. The van der Waals surface area contributed by atoms with Crippen LogP contribution in [0.25, 0.3) is 11.2 Å². The van der Waals surface area contributed by atoms with Gasteiger partial charge in [0.1, 0.15) is 0 Å². The number of hydrogen-bond donors (Lipinski definition) is 2. The van der Waals surface area contributed by atoms with Crippen LogP contribution in [-0.4, -0.2) is 19.5 Å². The molecule has 1 fully saturated rings. The van der Waals surface area contributed by atoms with Crippen LogP contribution >= 0.6 is 0 Å². The summed E-state index contributed by atoms with van der Waals surface area (Å²) in [7, 11) is 0. The molecule has 15 heavy (non-hydrogen) atoms. The molecule has 6 nitrogen and oxygen atoms in total. The fourth-order valence-electron chi connectivity index (χ4n) is 1.88. The average molecular weight is 205 g/mol. The molecule has 0 amide bonds. The Morgan fingerprint density at radius 1 is 1.53 bits per heavy atom. The second kappa shape index (κ2) is 2.82. The van der Waals surface area contributed by atoms with Crippen LogP contribution in [-0.2, 0) is 0 Å². The van der Waals surface area contributed by atoms with Gasteiger partial charge in [0.15, 0.2) is 11.2 Å². The molecule has 0 spiro atoms. The van der Waals surface area contributed by atoms with Gasteiger partial charge < -0.3 is 10.3 Å². The monoisotopic (exact) mass is 205 g/mol. The minimum atomic E-state index is -0.268. The summed E-state index contributed by atoms with van der Waals surface area (Å²) in [6, 6.07) is 0.434. The zero-order valence-corrected chi connectivity index (χ0v) is 8.10. The van der Waals surface area contributed by atoms with Crippen LogP contribution in [0.15, 0.2) is 11.1 Å². The molecule has 1 saturated carbocycles. The Morgan fingerprint density at radius 3 is 3.00 bits per heavy atom. The van der Waals surface area contributed by atoms with Crippen LogP contribution in [0.4, 0.5) is 5.95 Å². The molecule has 2 heterocycles. The van der Waals surface area contributed by atoms with E-state index in [9.17, 15) is 4.79 Å². The molecule has 3 rings (SSSR count). The summed E-state index contributed by atoms with van der Waals surface area (Å²) in [5.74, 6) is 0.147. The van der Waals surface area contributed by atoms with Crippen LogP contribution in [0.3, 0.4) is 0 Å². The van der Waals surface area contributed by atoms with Crippen LogP contribution in [0.1, 0.15) is 25.3 Å². The molecule has 0 bridgehead atoms. The van der Waals surface area contributed by atoms with Crippen molar-refractivity contribution in [1.29, 1.82) is 0 Å². The maximum Gasteiger partial charge on any atom is 0.280 e. The van der Waals surface area contributed by atoms with E-state index < -0.39 is 0 Å². The molecule has 6 heteroatoms. The highest BCUT2D eigenvalue weighted by molar-refractivity contribution is 5.70. The van der Waals surface area contributed by atoms with Crippen molar-refractivity contribution >= 4 is 17.1 Å². The van der Waals surface area contributed by atoms with Gasteiger partial charge in [0.25, 0.3) is 5.56 Å². The average Bonchev–Trinajstić information content (AvgIpc) is 2.46. The molecule has 1 aliphatic carbocycles. The molecule has 0 aromatic carbocycles. The first-order valence-electron chi connectivity index (χ1n) is 4.98. The number of hydrogen-bond acceptors (Lipinski definition) is 4. The van der Waals surface area contributed by atoms with Crippen molar-refractivity contribution in [3.63, 3.8) is 0 Å². The summed E-state index contributed by atoms with van der Waals surface area (Å²) >= 11 is 0. The molecular weight excluding hydrogens is 194 g/mol. The molecule has 2 aromatic heterocycles. The Kier molecular flexibility index (Phi) is 1.59. The topological polar surface area (TPSA) is 89.6 Å². The zero-order chi connectivity index (χ0) is 10.4. The lowest BCUT2D eigenvalue weighted by molar-refractivity contribution is 0.319. The Bertz CT molecular complexity index is 565. The number of nitrogen functional groups attached to an aromatic ring is 1. The third kappa shape index (κ3) is 1.14. The van der Waals surface area contributed by atoms with Gasteiger partial charge in [0.05, 0.1) is 6.33 Å². The van der Waals surface area contributed by atoms with E-state index in [0.29, 0.717) is 17.2 Å². The van der Waals surface area contributed by atoms with Crippen molar-refractivity contribution in [3.05, 3.63) is 16.7 Å². The maximum atomic E-state index is 11.5. The normalized spacial score (nSPS) is 16.8. The number of nitrogens with zero attached hydrogens (tertiary/aromatic N) is 3. The molecule has 1 aliphatic rings. The minimum absolute atomic E-state index is 0.147. The van der Waals surface area contributed by atoms with Gasteiger partial charge in [-0.3, -0.25) is 9.78 Å². The first kappa shape index (κ1) is 8.46. The number of rotatable bonds is 1. The van der Waals surface area contributed by atoms with E-state index in [4.69, 9.17) is 5.73 Å². The summed E-state index contributed by atoms with van der Waals surface area (Å²) < 4.78 is 1.95. The molecule has 0 aliphatic heterocycles. The number of aromatic nitrogens is 4. The van der Waals surface area contributed by atoms with E-state index in [2.05, 4.69) is 15.0 Å². The van der Waals surface area contributed by atoms with Gasteiger partial charge in [-0.1, -0.05) is 0 Å². The highest BCUT2D eigenvalue weighted by Crippen LogP contribution is 2.32. The van der Waals surface area contributed by atoms with Gasteiger partial charge in [-0.2, -0.15) is 4.98 Å². The number of H-pyrrole nitrogens is 1. The Labute approximate surface area is 85.1 Å². The van der Waals surface area contributed by atoms with Crippen LogP contribution in [0.5, 0.6) is 0 Å². The van der Waals surface area contributed by atoms with Crippen molar-refractivity contribution in [1.82, 2.24) is 19.5 Å². The number of fused-ring (bicyclic) bond motifs is 1. The number of anilines is 1. The number of aromatic amines is 1. The molecule has 0 radical (unpaired) electrons. The lowest BCUT2D eigenvalue weighted by atomic mass is 9.93. The first-order valence-corrected chi connectivity index (χ1v) is 4.98. The van der Waals surface area contributed by atoms with E-state index in [1.54, 1.807) is 6.33 Å². The van der Waals surface area contributed by atoms with Crippen molar-refractivity contribution in [3.8, 4) is 0 Å². The van der Waals surface area contributed by atoms with Crippen LogP contribution in [0, 0.1) is 0 Å². The summed E-state index contributed by atoms with van der Waals surface area (Å²) in [5.41, 5.74) is 6.21. The van der Waals surface area contributed by atoms with Crippen molar-refractivity contribution in [2.75, 3.05) is 5.73 Å². The lowest BCUT2D eigenvalue weighted by Gasteiger charge is -2.26. The molecule has 0 unspecified atom stereocenters. The minimum Gasteiger partial charge on any atom is -0.369 e. The third-order valence-corrected chi connectivity index (χ3v) is 2.92. The van der Waals surface area contributed by atoms with E-state index in [1.807, 2.05) is 4.57 Å². The Morgan fingerprint density at radius 2 is 2.33 bits per heavy atom. The molecule has 78 valence electrons. The van der Waals surface area contributed by atoms with Crippen molar-refractivity contribution in [2.24, 2.45) is 0 Å². The number of nitrogens with two attached hydrogens (primary N) is 1. The quantitative estimate of drug-likeness (QED) is 0.706. The Hall–Kier alpha value is -1.85. The summed E-state index contributed by atoms with van der Waals surface area (Å²) in [6.07, 6.45) is 5.15. The first-order chi connectivity index (χ1) is 7.25. The van der Waals surface area contributed by atoms with Gasteiger partial charge in [-0.25, -0.2) is 4.98 Å². The summed E-state index contributed by atoms with van der Waals surface area (Å²) in [5, 5.41) is 0. The largest absolute Gasteiger partial charge is 0.369 e. The van der Waals surface area contributed by atoms with Gasteiger partial charge in [0.2, 0.25) is 5.95 Å². The van der Waals surface area contributed by atoms with Crippen molar-refractivity contribution < 1.29 is 0 Å². The summed E-state index contributed by atoms with van der Waals surface area (Å²) in [6.45, 7) is 0. The van der Waals surface area contributed by atoms with Crippen LogP contribution < -0.4 is 11.3 Å². The molecule has 0 atom stereocenters. The maximum absolute atomic E-state index is 11.5. The predicted molar refractivity (Wildman–Crippen MR) is 55.4 cm³/mol. The lowest BCUT2D eigenvalue weighted by Crippen LogP contribution is -2.18. The van der Waals surface area contributed by atoms with Gasteiger partial charge in [-0.15, -0.1) is 0 Å². The van der Waals surface area contributed by atoms with E-state index in [1.165, 1.54) is 6.42 Å². The Balaban J connectivity index is 2.27. The number of imidazole rings is 1. The van der Waals surface area contributed by atoms with Gasteiger partial charge in [0, 0.05) is 6.04 Å². The molecule has 3 N–H and O–H groups in total.